The van der Waals surface area contributed by atoms with Gasteiger partial charge in [0.15, 0.2) is 0 Å². The summed E-state index contributed by atoms with van der Waals surface area (Å²) in [5.74, 6) is -0.227. The van der Waals surface area contributed by atoms with Crippen LogP contribution in [0, 0.1) is 5.82 Å². The smallest absolute Gasteiger partial charge is 0.227 e. The molecule has 0 unspecified atom stereocenters. The fourth-order valence-electron chi connectivity index (χ4n) is 3.88. The minimum Gasteiger partial charge on any atom is -0.361 e. The molecule has 0 atom stereocenters. The lowest BCUT2D eigenvalue weighted by atomic mass is 10.1. The zero-order valence-electron chi connectivity index (χ0n) is 16.5. The van der Waals surface area contributed by atoms with E-state index in [0.717, 1.165) is 16.5 Å². The van der Waals surface area contributed by atoms with Crippen molar-refractivity contribution in [2.24, 2.45) is 0 Å². The van der Waals surface area contributed by atoms with E-state index in [-0.39, 0.29) is 24.1 Å². The predicted molar refractivity (Wildman–Crippen MR) is 118 cm³/mol. The molecule has 0 saturated carbocycles. The van der Waals surface area contributed by atoms with Gasteiger partial charge in [0.2, 0.25) is 11.8 Å². The highest BCUT2D eigenvalue weighted by Gasteiger charge is 2.24. The Morgan fingerprint density at radius 1 is 0.967 bits per heavy atom. The molecule has 2 heterocycles. The van der Waals surface area contributed by atoms with Crippen LogP contribution in [0.1, 0.15) is 17.5 Å². The molecule has 1 N–H and O–H groups in total. The second kappa shape index (κ2) is 9.00. The zero-order chi connectivity index (χ0) is 21.1. The number of piperazine rings is 1. The summed E-state index contributed by atoms with van der Waals surface area (Å²) < 4.78 is 14.6. The maximum Gasteiger partial charge on any atom is 0.227 e. The van der Waals surface area contributed by atoms with Crippen LogP contribution < -0.4 is 0 Å². The number of nitrogens with zero attached hydrogens (tertiary/aromatic N) is 2. The first-order valence-electron chi connectivity index (χ1n) is 10.1. The summed E-state index contributed by atoms with van der Waals surface area (Å²) in [6, 6.07) is 12.8. The molecule has 156 valence electrons. The molecule has 5 nitrogen and oxygen atoms in total. The van der Waals surface area contributed by atoms with E-state index in [1.54, 1.807) is 17.0 Å². The summed E-state index contributed by atoms with van der Waals surface area (Å²) in [4.78, 5) is 32.0. The summed E-state index contributed by atoms with van der Waals surface area (Å²) in [6.45, 7) is 2.09. The van der Waals surface area contributed by atoms with Gasteiger partial charge in [-0.3, -0.25) is 9.59 Å². The maximum atomic E-state index is 13.9. The molecule has 0 bridgehead atoms. The molecule has 1 aliphatic heterocycles. The lowest BCUT2D eigenvalue weighted by Crippen LogP contribution is -2.51. The van der Waals surface area contributed by atoms with Crippen LogP contribution in [-0.2, 0) is 22.4 Å². The number of aromatic nitrogens is 1. The Labute approximate surface area is 183 Å². The second-order valence-corrected chi connectivity index (χ2v) is 8.45. The van der Waals surface area contributed by atoms with E-state index in [0.29, 0.717) is 49.1 Å². The number of carbonyl (C=O) groups is 2. The highest BCUT2D eigenvalue weighted by atomic mass is 79.9. The Balaban J connectivity index is 1.27. The molecule has 4 rings (SSSR count). The van der Waals surface area contributed by atoms with Crippen LogP contribution in [0.4, 0.5) is 4.39 Å². The van der Waals surface area contributed by atoms with Gasteiger partial charge in [-0.25, -0.2) is 4.39 Å². The van der Waals surface area contributed by atoms with Gasteiger partial charge >= 0.3 is 0 Å². The molecular formula is C23H23BrFN3O2. The van der Waals surface area contributed by atoms with Gasteiger partial charge in [-0.1, -0.05) is 40.2 Å². The van der Waals surface area contributed by atoms with E-state index < -0.39 is 0 Å². The van der Waals surface area contributed by atoms with Gasteiger partial charge in [-0.2, -0.15) is 0 Å². The summed E-state index contributed by atoms with van der Waals surface area (Å²) in [6.07, 6.45) is 2.88. The zero-order valence-corrected chi connectivity index (χ0v) is 18.1. The van der Waals surface area contributed by atoms with Crippen LogP contribution in [0.15, 0.2) is 53.1 Å². The van der Waals surface area contributed by atoms with Gasteiger partial charge in [-0.05, 0) is 35.7 Å². The molecule has 0 radical (unpaired) electrons. The summed E-state index contributed by atoms with van der Waals surface area (Å²) in [5.41, 5.74) is 2.56. The third-order valence-corrected chi connectivity index (χ3v) is 6.12. The highest BCUT2D eigenvalue weighted by Crippen LogP contribution is 2.20. The molecule has 30 heavy (non-hydrogen) atoms. The van der Waals surface area contributed by atoms with Crippen molar-refractivity contribution in [2.75, 3.05) is 26.2 Å². The van der Waals surface area contributed by atoms with E-state index in [1.165, 1.54) is 6.07 Å². The molecule has 1 saturated heterocycles. The van der Waals surface area contributed by atoms with Gasteiger partial charge in [-0.15, -0.1) is 0 Å². The number of rotatable bonds is 5. The number of H-pyrrole nitrogens is 1. The highest BCUT2D eigenvalue weighted by molar-refractivity contribution is 9.10. The summed E-state index contributed by atoms with van der Waals surface area (Å²) in [5, 5.41) is 1.07. The molecule has 0 spiro atoms. The second-order valence-electron chi connectivity index (χ2n) is 7.53. The third-order valence-electron chi connectivity index (χ3n) is 5.62. The van der Waals surface area contributed by atoms with Gasteiger partial charge in [0.05, 0.1) is 6.42 Å². The average molecular weight is 472 g/mol. The van der Waals surface area contributed by atoms with Crippen molar-refractivity contribution >= 4 is 38.6 Å². The van der Waals surface area contributed by atoms with Crippen LogP contribution >= 0.6 is 15.9 Å². The number of amides is 2. The van der Waals surface area contributed by atoms with Gasteiger partial charge in [0.25, 0.3) is 0 Å². The Kier molecular flexibility index (Phi) is 6.18. The largest absolute Gasteiger partial charge is 0.361 e. The predicted octanol–water partition coefficient (Wildman–Crippen LogP) is 3.92. The Morgan fingerprint density at radius 2 is 1.67 bits per heavy atom. The number of fused-ring (bicyclic) bond motifs is 1. The topological polar surface area (TPSA) is 56.4 Å². The molecule has 0 aliphatic carbocycles. The SMILES string of the molecule is O=C(CCc1ccc(Br)cc1F)N1CCN(C(=O)Cc2c[nH]c3ccccc23)CC1. The van der Waals surface area contributed by atoms with E-state index in [4.69, 9.17) is 0 Å². The molecule has 3 aromatic rings. The van der Waals surface area contributed by atoms with Crippen molar-refractivity contribution in [1.82, 2.24) is 14.8 Å². The number of hydrogen-bond donors (Lipinski definition) is 1. The minimum atomic E-state index is -0.301. The Hall–Kier alpha value is -2.67. The molecule has 1 aliphatic rings. The fraction of sp³-hybridized carbons (Fsp3) is 0.304. The number of para-hydroxylation sites is 1. The number of benzene rings is 2. The molecule has 2 aromatic carbocycles. The van der Waals surface area contributed by atoms with Gasteiger partial charge in [0, 0.05) is 54.2 Å². The van der Waals surface area contributed by atoms with Crippen molar-refractivity contribution in [1.29, 1.82) is 0 Å². The number of halogens is 2. The first kappa shape index (κ1) is 20.6. The first-order chi connectivity index (χ1) is 14.5. The monoisotopic (exact) mass is 471 g/mol. The number of aromatic amines is 1. The Bertz CT molecular complexity index is 1070. The molecule has 2 amide bonds. The lowest BCUT2D eigenvalue weighted by Gasteiger charge is -2.35. The van der Waals surface area contributed by atoms with Crippen LogP contribution in [0.5, 0.6) is 0 Å². The average Bonchev–Trinajstić information content (AvgIpc) is 3.16. The van der Waals surface area contributed by atoms with E-state index in [2.05, 4.69) is 20.9 Å². The Morgan fingerprint density at radius 3 is 2.40 bits per heavy atom. The molecular weight excluding hydrogens is 449 g/mol. The summed E-state index contributed by atoms with van der Waals surface area (Å²) >= 11 is 3.24. The molecule has 1 aromatic heterocycles. The van der Waals surface area contributed by atoms with Crippen molar-refractivity contribution in [2.45, 2.75) is 19.3 Å². The van der Waals surface area contributed by atoms with Gasteiger partial charge < -0.3 is 14.8 Å². The number of nitrogens with one attached hydrogen (secondary N) is 1. The van der Waals surface area contributed by atoms with Crippen LogP contribution in [0.25, 0.3) is 10.9 Å². The number of carbonyl (C=O) groups excluding carboxylic acids is 2. The normalized spacial score (nSPS) is 14.3. The lowest BCUT2D eigenvalue weighted by molar-refractivity contribution is -0.139. The van der Waals surface area contributed by atoms with Crippen molar-refractivity contribution in [3.63, 3.8) is 0 Å². The van der Waals surface area contributed by atoms with Crippen LogP contribution in [0.3, 0.4) is 0 Å². The van der Waals surface area contributed by atoms with Crippen molar-refractivity contribution in [3.05, 3.63) is 70.1 Å². The fourth-order valence-corrected chi connectivity index (χ4v) is 4.22. The molecule has 7 heteroatoms. The van der Waals surface area contributed by atoms with Crippen LogP contribution in [0.2, 0.25) is 0 Å². The van der Waals surface area contributed by atoms with Crippen molar-refractivity contribution < 1.29 is 14.0 Å². The van der Waals surface area contributed by atoms with E-state index in [9.17, 15) is 14.0 Å². The van der Waals surface area contributed by atoms with E-state index >= 15 is 0 Å². The maximum absolute atomic E-state index is 13.9. The summed E-state index contributed by atoms with van der Waals surface area (Å²) in [7, 11) is 0. The third kappa shape index (κ3) is 4.56. The number of aryl methyl sites for hydroxylation is 1. The van der Waals surface area contributed by atoms with Crippen LogP contribution in [-0.4, -0.2) is 52.8 Å². The molecule has 1 fully saturated rings. The van der Waals surface area contributed by atoms with Gasteiger partial charge in [0.1, 0.15) is 5.82 Å². The van der Waals surface area contributed by atoms with Crippen molar-refractivity contribution in [3.8, 4) is 0 Å². The minimum absolute atomic E-state index is 0.000969. The van der Waals surface area contributed by atoms with E-state index in [1.807, 2.05) is 35.4 Å². The quantitative estimate of drug-likeness (QED) is 0.612. The first-order valence-corrected chi connectivity index (χ1v) is 10.8. The number of hydrogen-bond acceptors (Lipinski definition) is 2. The standard InChI is InChI=1S/C23H23BrFN3O2/c24-18-7-5-16(20(25)14-18)6-8-22(29)27-9-11-28(12-10-27)23(30)13-17-15-26-21-4-2-1-3-19(17)21/h1-5,7,14-15,26H,6,8-13H2.